The quantitative estimate of drug-likeness (QED) is 0.637. The molecule has 0 spiro atoms. The fourth-order valence-corrected chi connectivity index (χ4v) is 7.08. The fraction of sp³-hybridized carbons (Fsp3) is 0.100. The number of benzene rings is 3. The summed E-state index contributed by atoms with van der Waals surface area (Å²) in [5.74, 6) is 0. The Hall–Kier alpha value is -1.91. The highest BCUT2D eigenvalue weighted by atomic mass is 31.2. The van der Waals surface area contributed by atoms with Gasteiger partial charge in [-0.25, -0.2) is 0 Å². The summed E-state index contributed by atoms with van der Waals surface area (Å²) in [4.78, 5) is 0. The molecular weight excluding hydrogens is 271 g/mol. The topological polar surface area (TPSA) is 0 Å². The summed E-state index contributed by atoms with van der Waals surface area (Å²) in [7, 11) is -1.53. The standard InChI is InChI=1S/C20H20P/c1-2-21(18-12-6-3-7-13-18,19-14-8-4-9-15-19)20-16-10-5-11-17-20/h3-17H,2H2,1H3. The van der Waals surface area contributed by atoms with E-state index in [9.17, 15) is 0 Å². The zero-order valence-corrected chi connectivity index (χ0v) is 13.2. The van der Waals surface area contributed by atoms with E-state index < -0.39 is 7.26 Å². The van der Waals surface area contributed by atoms with E-state index in [0.29, 0.717) is 0 Å². The molecule has 21 heavy (non-hydrogen) atoms. The lowest BCUT2D eigenvalue weighted by Gasteiger charge is -2.37. The molecule has 3 rings (SSSR count). The van der Waals surface area contributed by atoms with Crippen LogP contribution >= 0.6 is 7.26 Å². The van der Waals surface area contributed by atoms with Crippen molar-refractivity contribution in [2.24, 2.45) is 0 Å². The summed E-state index contributed by atoms with van der Waals surface area (Å²) >= 11 is 0. The van der Waals surface area contributed by atoms with Gasteiger partial charge < -0.3 is 0 Å². The average Bonchev–Trinajstić information content (AvgIpc) is 2.59. The summed E-state index contributed by atoms with van der Waals surface area (Å²) in [6.45, 7) is 2.32. The van der Waals surface area contributed by atoms with Crippen LogP contribution in [0.2, 0.25) is 0 Å². The Labute approximate surface area is 127 Å². The van der Waals surface area contributed by atoms with Crippen LogP contribution in [0.1, 0.15) is 6.92 Å². The first-order valence-corrected chi connectivity index (χ1v) is 9.40. The highest BCUT2D eigenvalue weighted by Gasteiger charge is 2.31. The SMILES string of the molecule is CC[P](c1ccccc1)(c1ccccc1)c1ccccc1. The Morgan fingerprint density at radius 2 is 0.810 bits per heavy atom. The molecule has 0 aromatic heterocycles. The van der Waals surface area contributed by atoms with Gasteiger partial charge in [-0.2, -0.15) is 0 Å². The summed E-state index contributed by atoms with van der Waals surface area (Å²) < 4.78 is 0. The van der Waals surface area contributed by atoms with Crippen LogP contribution in [0.3, 0.4) is 0 Å². The molecule has 3 aromatic carbocycles. The Morgan fingerprint density at radius 3 is 1.05 bits per heavy atom. The highest BCUT2D eigenvalue weighted by Crippen LogP contribution is 2.54. The summed E-state index contributed by atoms with van der Waals surface area (Å²) in [6.07, 6.45) is 1.14. The molecule has 1 radical (unpaired) electrons. The largest absolute Gasteiger partial charge is 0.0622 e. The third-order valence-corrected chi connectivity index (χ3v) is 8.55. The highest BCUT2D eigenvalue weighted by molar-refractivity contribution is 7.95. The van der Waals surface area contributed by atoms with Crippen LogP contribution in [0.5, 0.6) is 0 Å². The molecule has 0 fully saturated rings. The lowest BCUT2D eigenvalue weighted by molar-refractivity contribution is 1.48. The zero-order chi connectivity index (χ0) is 14.5. The molecule has 1 heteroatoms. The molecule has 0 unspecified atom stereocenters. The molecule has 0 saturated carbocycles. The number of rotatable bonds is 4. The molecule has 0 saturated heterocycles. The smallest absolute Gasteiger partial charge is 0.0197 e. The molecule has 0 amide bonds. The van der Waals surface area contributed by atoms with E-state index in [2.05, 4.69) is 97.9 Å². The van der Waals surface area contributed by atoms with Gasteiger partial charge in [-0.15, -0.1) is 0 Å². The lowest BCUT2D eigenvalue weighted by Crippen LogP contribution is -2.32. The Balaban J connectivity index is 2.29. The molecule has 0 atom stereocenters. The average molecular weight is 291 g/mol. The van der Waals surface area contributed by atoms with Gasteiger partial charge in [-0.05, 0) is 29.3 Å². The molecule has 0 aliphatic carbocycles. The maximum atomic E-state index is 2.32. The van der Waals surface area contributed by atoms with Crippen LogP contribution in [0.4, 0.5) is 0 Å². The van der Waals surface area contributed by atoms with E-state index in [1.165, 1.54) is 15.9 Å². The van der Waals surface area contributed by atoms with E-state index >= 15 is 0 Å². The maximum Gasteiger partial charge on any atom is -0.0197 e. The van der Waals surface area contributed by atoms with E-state index in [4.69, 9.17) is 0 Å². The first-order valence-electron chi connectivity index (χ1n) is 7.43. The van der Waals surface area contributed by atoms with Crippen molar-refractivity contribution in [1.29, 1.82) is 0 Å². The second-order valence-electron chi connectivity index (χ2n) is 5.13. The predicted molar refractivity (Wildman–Crippen MR) is 95.7 cm³/mol. The van der Waals surface area contributed by atoms with Crippen molar-refractivity contribution >= 4 is 23.2 Å². The van der Waals surface area contributed by atoms with Crippen molar-refractivity contribution in [3.63, 3.8) is 0 Å². The van der Waals surface area contributed by atoms with Crippen molar-refractivity contribution in [3.05, 3.63) is 91.0 Å². The predicted octanol–water partition coefficient (Wildman–Crippen LogP) is 4.00. The second-order valence-corrected chi connectivity index (χ2v) is 8.93. The van der Waals surface area contributed by atoms with E-state index in [1.54, 1.807) is 0 Å². The van der Waals surface area contributed by atoms with Crippen LogP contribution in [0.25, 0.3) is 0 Å². The van der Waals surface area contributed by atoms with Crippen LogP contribution in [-0.4, -0.2) is 6.16 Å². The van der Waals surface area contributed by atoms with Gasteiger partial charge >= 0.3 is 0 Å². The molecule has 0 aliphatic rings. The minimum absolute atomic E-state index is 1.14. The fourth-order valence-electron chi connectivity index (χ4n) is 3.04. The minimum Gasteiger partial charge on any atom is -0.0622 e. The second kappa shape index (κ2) is 6.24. The van der Waals surface area contributed by atoms with Crippen LogP contribution < -0.4 is 15.9 Å². The summed E-state index contributed by atoms with van der Waals surface area (Å²) in [5, 5.41) is 4.39. The normalized spacial score (nSPS) is 11.3. The van der Waals surface area contributed by atoms with E-state index in [1.807, 2.05) is 0 Å². The number of hydrogen-bond donors (Lipinski definition) is 0. The van der Waals surface area contributed by atoms with Crippen molar-refractivity contribution in [1.82, 2.24) is 0 Å². The van der Waals surface area contributed by atoms with Gasteiger partial charge in [0.1, 0.15) is 0 Å². The molecule has 105 valence electrons. The lowest BCUT2D eigenvalue weighted by atomic mass is 10.4. The Bertz CT molecular complexity index is 578. The van der Waals surface area contributed by atoms with Gasteiger partial charge in [-0.3, -0.25) is 0 Å². The van der Waals surface area contributed by atoms with Crippen molar-refractivity contribution in [2.45, 2.75) is 6.92 Å². The van der Waals surface area contributed by atoms with Crippen molar-refractivity contribution in [2.75, 3.05) is 6.16 Å². The van der Waals surface area contributed by atoms with Crippen LogP contribution in [0.15, 0.2) is 91.0 Å². The zero-order valence-electron chi connectivity index (χ0n) is 12.3. The molecule has 0 bridgehead atoms. The van der Waals surface area contributed by atoms with E-state index in [-0.39, 0.29) is 0 Å². The molecular formula is C20H20P. The van der Waals surface area contributed by atoms with E-state index in [0.717, 1.165) is 6.16 Å². The van der Waals surface area contributed by atoms with Gasteiger partial charge in [-0.1, -0.05) is 97.9 Å². The van der Waals surface area contributed by atoms with Gasteiger partial charge in [0, 0.05) is 0 Å². The third-order valence-electron chi connectivity index (χ3n) is 4.07. The maximum absolute atomic E-state index is 2.32. The third kappa shape index (κ3) is 2.52. The van der Waals surface area contributed by atoms with Gasteiger partial charge in [0.2, 0.25) is 0 Å². The summed E-state index contributed by atoms with van der Waals surface area (Å²) in [5.41, 5.74) is 0. The van der Waals surface area contributed by atoms with Crippen molar-refractivity contribution in [3.8, 4) is 0 Å². The first-order chi connectivity index (χ1) is 10.4. The number of hydrogen-bond acceptors (Lipinski definition) is 0. The Morgan fingerprint density at radius 1 is 0.524 bits per heavy atom. The van der Waals surface area contributed by atoms with Gasteiger partial charge in [0.25, 0.3) is 0 Å². The van der Waals surface area contributed by atoms with Crippen LogP contribution in [0, 0.1) is 0 Å². The first kappa shape index (κ1) is 14.0. The monoisotopic (exact) mass is 291 g/mol. The summed E-state index contributed by atoms with van der Waals surface area (Å²) in [6, 6.07) is 33.0. The Kier molecular flexibility index (Phi) is 4.18. The minimum atomic E-state index is -1.53. The van der Waals surface area contributed by atoms with Crippen molar-refractivity contribution < 1.29 is 0 Å². The molecule has 0 N–H and O–H groups in total. The van der Waals surface area contributed by atoms with Crippen LogP contribution in [-0.2, 0) is 0 Å². The van der Waals surface area contributed by atoms with Gasteiger partial charge in [0.15, 0.2) is 0 Å². The molecule has 0 nitrogen and oxygen atoms in total. The molecule has 0 aliphatic heterocycles. The molecule has 0 heterocycles. The van der Waals surface area contributed by atoms with Gasteiger partial charge in [0.05, 0.1) is 0 Å². The molecule has 3 aromatic rings.